The summed E-state index contributed by atoms with van der Waals surface area (Å²) in [5, 5.41) is 14.2. The molecule has 1 amide bonds. The second-order valence-corrected chi connectivity index (χ2v) is 9.54. The van der Waals surface area contributed by atoms with Gasteiger partial charge in [0.1, 0.15) is 12.0 Å². The van der Waals surface area contributed by atoms with Gasteiger partial charge in [-0.3, -0.25) is 4.79 Å². The third-order valence-electron chi connectivity index (χ3n) is 7.59. The van der Waals surface area contributed by atoms with Crippen LogP contribution in [0.5, 0.6) is 0 Å². The predicted molar refractivity (Wildman–Crippen MR) is 129 cm³/mol. The van der Waals surface area contributed by atoms with E-state index in [4.69, 9.17) is 4.74 Å². The predicted octanol–water partition coefficient (Wildman–Crippen LogP) is 4.23. The number of aliphatic hydroxyl groups is 1. The first-order valence-corrected chi connectivity index (χ1v) is 12.1. The molecule has 5 atom stereocenters. The number of ether oxygens (including phenoxy) is 1. The molecule has 176 valence electrons. The van der Waals surface area contributed by atoms with Gasteiger partial charge < -0.3 is 15.2 Å². The van der Waals surface area contributed by atoms with Crippen molar-refractivity contribution < 1.29 is 14.6 Å². The van der Waals surface area contributed by atoms with Crippen molar-refractivity contribution in [2.24, 2.45) is 5.92 Å². The molecule has 1 saturated heterocycles. The molecular weight excluding hydrogens is 426 g/mol. The maximum absolute atomic E-state index is 12.8. The van der Waals surface area contributed by atoms with Gasteiger partial charge in [-0.25, -0.2) is 9.97 Å². The highest BCUT2D eigenvalue weighted by Gasteiger charge is 2.44. The van der Waals surface area contributed by atoms with Gasteiger partial charge in [-0.15, -0.1) is 0 Å². The average Bonchev–Trinajstić information content (AvgIpc) is 3.10. The molecule has 2 N–H and O–H groups in total. The number of hydrogen-bond donors (Lipinski definition) is 2. The molecule has 1 saturated carbocycles. The molecular formula is C28H31N3O3. The number of aromatic nitrogens is 2. The van der Waals surface area contributed by atoms with E-state index in [2.05, 4.69) is 51.7 Å². The molecule has 0 spiro atoms. The van der Waals surface area contributed by atoms with Crippen molar-refractivity contribution in [2.75, 3.05) is 6.54 Å². The summed E-state index contributed by atoms with van der Waals surface area (Å²) >= 11 is 0. The molecule has 2 aliphatic rings. The van der Waals surface area contributed by atoms with E-state index in [1.807, 2.05) is 24.3 Å². The summed E-state index contributed by atoms with van der Waals surface area (Å²) in [5.74, 6) is -0.0945. The highest BCUT2D eigenvalue weighted by Crippen LogP contribution is 2.46. The topological polar surface area (TPSA) is 84.3 Å². The summed E-state index contributed by atoms with van der Waals surface area (Å²) in [7, 11) is 0. The van der Waals surface area contributed by atoms with Gasteiger partial charge in [0.15, 0.2) is 0 Å². The molecule has 2 heterocycles. The molecule has 0 radical (unpaired) electrons. The summed E-state index contributed by atoms with van der Waals surface area (Å²) in [4.78, 5) is 20.8. The average molecular weight is 458 g/mol. The van der Waals surface area contributed by atoms with Crippen molar-refractivity contribution in [3.05, 3.63) is 96.1 Å². The zero-order chi connectivity index (χ0) is 23.4. The highest BCUT2D eigenvalue weighted by molar-refractivity contribution is 5.92. The molecule has 1 aliphatic carbocycles. The maximum atomic E-state index is 12.8. The summed E-state index contributed by atoms with van der Waals surface area (Å²) in [5.41, 5.74) is 2.47. The maximum Gasteiger partial charge on any atom is 0.270 e. The molecule has 1 aromatic heterocycles. The number of fused-ring (bicyclic) bond motifs is 1. The summed E-state index contributed by atoms with van der Waals surface area (Å²) in [6, 6.07) is 22.2. The number of rotatable bonds is 5. The summed E-state index contributed by atoms with van der Waals surface area (Å²) < 4.78 is 6.59. The molecule has 0 bridgehead atoms. The first-order chi connectivity index (χ1) is 16.6. The van der Waals surface area contributed by atoms with Crippen LogP contribution in [0.3, 0.4) is 0 Å². The fourth-order valence-electron chi connectivity index (χ4n) is 5.66. The van der Waals surface area contributed by atoms with Crippen molar-refractivity contribution in [3.8, 4) is 0 Å². The van der Waals surface area contributed by atoms with Crippen LogP contribution in [0.2, 0.25) is 0 Å². The lowest BCUT2D eigenvalue weighted by Gasteiger charge is -2.39. The van der Waals surface area contributed by atoms with Crippen LogP contribution in [0.1, 0.15) is 59.8 Å². The Morgan fingerprint density at radius 1 is 1.03 bits per heavy atom. The monoisotopic (exact) mass is 457 g/mol. The van der Waals surface area contributed by atoms with Gasteiger partial charge >= 0.3 is 0 Å². The van der Waals surface area contributed by atoms with E-state index in [-0.39, 0.29) is 29.4 Å². The first-order valence-electron chi connectivity index (χ1n) is 12.1. The van der Waals surface area contributed by atoms with E-state index in [1.54, 1.807) is 12.3 Å². The second kappa shape index (κ2) is 10.0. The quantitative estimate of drug-likeness (QED) is 0.599. The zero-order valence-corrected chi connectivity index (χ0v) is 19.2. The number of benzene rings is 2. The molecule has 2 aromatic carbocycles. The van der Waals surface area contributed by atoms with Gasteiger partial charge in [0.05, 0.1) is 18.3 Å². The van der Waals surface area contributed by atoms with Gasteiger partial charge in [0, 0.05) is 30.5 Å². The van der Waals surface area contributed by atoms with Crippen LogP contribution >= 0.6 is 0 Å². The van der Waals surface area contributed by atoms with Crippen molar-refractivity contribution >= 4 is 5.91 Å². The Morgan fingerprint density at radius 2 is 1.76 bits per heavy atom. The minimum atomic E-state index is -0.397. The standard InChI is InChI=1S/C28H31N3O3/c32-24-17-26(20-7-3-1-4-8-20)34-25-12-15-28(14-11-22(24)25,21-9-5-2-6-10-21)18-30-27(33)23-13-16-29-19-31-23/h1-10,13,16,19,22,24-26,32H,11-12,14-15,17-18H2,(H,30,33)/t22-,24+,25+,26+,28+/m1/s1. The molecule has 34 heavy (non-hydrogen) atoms. The molecule has 6 heteroatoms. The zero-order valence-electron chi connectivity index (χ0n) is 19.2. The van der Waals surface area contributed by atoms with Crippen molar-refractivity contribution in [1.82, 2.24) is 15.3 Å². The largest absolute Gasteiger partial charge is 0.393 e. The molecule has 5 rings (SSSR count). The first kappa shape index (κ1) is 22.7. The third kappa shape index (κ3) is 4.74. The Balaban J connectivity index is 1.37. The molecule has 1 aliphatic heterocycles. The van der Waals surface area contributed by atoms with Crippen LogP contribution in [0.25, 0.3) is 0 Å². The van der Waals surface area contributed by atoms with E-state index in [1.165, 1.54) is 11.9 Å². The van der Waals surface area contributed by atoms with Crippen LogP contribution in [0.4, 0.5) is 0 Å². The van der Waals surface area contributed by atoms with Crippen LogP contribution in [0.15, 0.2) is 79.3 Å². The summed E-state index contributed by atoms with van der Waals surface area (Å²) in [6.07, 6.45) is 6.54. The van der Waals surface area contributed by atoms with Crippen molar-refractivity contribution in [2.45, 2.75) is 55.8 Å². The van der Waals surface area contributed by atoms with Crippen LogP contribution in [-0.2, 0) is 10.2 Å². The Kier molecular flexibility index (Phi) is 6.70. The number of amides is 1. The third-order valence-corrected chi connectivity index (χ3v) is 7.59. The minimum absolute atomic E-state index is 0.00268. The van der Waals surface area contributed by atoms with Gasteiger partial charge in [-0.2, -0.15) is 0 Å². The number of nitrogens with zero attached hydrogens (tertiary/aromatic N) is 2. The van der Waals surface area contributed by atoms with E-state index in [0.29, 0.717) is 18.7 Å². The Hall–Kier alpha value is -3.09. The van der Waals surface area contributed by atoms with Crippen LogP contribution in [-0.4, -0.2) is 39.7 Å². The number of nitrogens with one attached hydrogen (secondary N) is 1. The normalized spacial score (nSPS) is 29.0. The van der Waals surface area contributed by atoms with Gasteiger partial charge in [0.2, 0.25) is 0 Å². The van der Waals surface area contributed by atoms with Gasteiger partial charge in [0.25, 0.3) is 5.91 Å². The number of carbonyl (C=O) groups excluding carboxylic acids is 1. The Bertz CT molecular complexity index is 1080. The minimum Gasteiger partial charge on any atom is -0.393 e. The van der Waals surface area contributed by atoms with Gasteiger partial charge in [-0.1, -0.05) is 60.7 Å². The number of aliphatic hydroxyl groups excluding tert-OH is 1. The number of carbonyl (C=O) groups is 1. The molecule has 0 unspecified atom stereocenters. The van der Waals surface area contributed by atoms with E-state index in [0.717, 1.165) is 31.2 Å². The van der Waals surface area contributed by atoms with Crippen molar-refractivity contribution in [1.29, 1.82) is 0 Å². The number of hydrogen-bond acceptors (Lipinski definition) is 5. The van der Waals surface area contributed by atoms with E-state index >= 15 is 0 Å². The lowest BCUT2D eigenvalue weighted by molar-refractivity contribution is -0.139. The fourth-order valence-corrected chi connectivity index (χ4v) is 5.66. The molecule has 3 aromatic rings. The Labute approximate surface area is 200 Å². The second-order valence-electron chi connectivity index (χ2n) is 9.54. The smallest absolute Gasteiger partial charge is 0.270 e. The fraction of sp³-hybridized carbons (Fsp3) is 0.393. The van der Waals surface area contributed by atoms with Crippen molar-refractivity contribution in [3.63, 3.8) is 0 Å². The van der Waals surface area contributed by atoms with Gasteiger partial charge in [-0.05, 0) is 42.9 Å². The molecule has 2 fully saturated rings. The van der Waals surface area contributed by atoms with E-state index in [9.17, 15) is 9.90 Å². The SMILES string of the molecule is O=C(NC[C@]1(c2ccccc2)CC[C@H]2[C@H](CC1)O[C@H](c1ccccc1)C[C@@H]2O)c1ccncn1. The van der Waals surface area contributed by atoms with Crippen LogP contribution < -0.4 is 5.32 Å². The van der Waals surface area contributed by atoms with E-state index < -0.39 is 6.10 Å². The Morgan fingerprint density at radius 3 is 2.50 bits per heavy atom. The van der Waals surface area contributed by atoms with Crippen LogP contribution in [0, 0.1) is 5.92 Å². The molecule has 6 nitrogen and oxygen atoms in total. The lowest BCUT2D eigenvalue weighted by atomic mass is 9.73. The lowest BCUT2D eigenvalue weighted by Crippen LogP contribution is -2.41. The summed E-state index contributed by atoms with van der Waals surface area (Å²) in [6.45, 7) is 0.511. The highest BCUT2D eigenvalue weighted by atomic mass is 16.5.